The minimum Gasteiger partial charge on any atom is -0.494 e. The molecule has 1 N–H and O–H groups in total. The first-order valence-corrected chi connectivity index (χ1v) is 12.9. The first-order chi connectivity index (χ1) is 19.1. The molecule has 0 saturated heterocycles. The number of aromatic nitrogens is 7. The van der Waals surface area contributed by atoms with E-state index in [0.717, 1.165) is 47.3 Å². The van der Waals surface area contributed by atoms with E-state index in [9.17, 15) is 4.79 Å². The summed E-state index contributed by atoms with van der Waals surface area (Å²) in [7, 11) is 3.18. The summed E-state index contributed by atoms with van der Waals surface area (Å²) in [6, 6.07) is 17.0. The quantitative estimate of drug-likeness (QED) is 0.277. The van der Waals surface area contributed by atoms with Gasteiger partial charge in [-0.25, -0.2) is 4.79 Å². The molecular formula is C29H31N7O3. The first kappa shape index (κ1) is 25.9. The SMILES string of the molecule is CCCCc1cn(-c2c(OC)cccc2OC)c(=O)n1C(C)c1ccc(-c2ccccc2-c2nn[nH]n2)nc1. The Morgan fingerprint density at radius 2 is 1.72 bits per heavy atom. The third-order valence-electron chi connectivity index (χ3n) is 6.87. The summed E-state index contributed by atoms with van der Waals surface area (Å²) in [5.74, 6) is 1.63. The monoisotopic (exact) mass is 525 g/mol. The Labute approximate surface area is 226 Å². The number of aryl methyl sites for hydroxylation is 1. The highest BCUT2D eigenvalue weighted by Crippen LogP contribution is 2.33. The molecule has 5 aromatic rings. The predicted molar refractivity (Wildman–Crippen MR) is 148 cm³/mol. The zero-order chi connectivity index (χ0) is 27.4. The Hall–Kier alpha value is -4.73. The molecule has 0 bridgehead atoms. The van der Waals surface area contributed by atoms with Crippen LogP contribution in [0.2, 0.25) is 0 Å². The largest absolute Gasteiger partial charge is 0.494 e. The highest BCUT2D eigenvalue weighted by Gasteiger charge is 2.23. The molecule has 3 heterocycles. The van der Waals surface area contributed by atoms with Gasteiger partial charge in [0, 0.05) is 29.2 Å². The van der Waals surface area contributed by atoms with Gasteiger partial charge in [0.25, 0.3) is 0 Å². The van der Waals surface area contributed by atoms with Crippen LogP contribution in [0.1, 0.15) is 44.0 Å². The van der Waals surface area contributed by atoms with Crippen molar-refractivity contribution in [3.8, 4) is 39.8 Å². The molecule has 10 heteroatoms. The normalized spacial score (nSPS) is 11.9. The highest BCUT2D eigenvalue weighted by atomic mass is 16.5. The van der Waals surface area contributed by atoms with Gasteiger partial charge in [-0.05, 0) is 48.7 Å². The fraction of sp³-hybridized carbons (Fsp3) is 0.276. The van der Waals surface area contributed by atoms with Crippen molar-refractivity contribution >= 4 is 0 Å². The fourth-order valence-corrected chi connectivity index (χ4v) is 4.83. The number of hydrogen-bond acceptors (Lipinski definition) is 7. The van der Waals surface area contributed by atoms with Gasteiger partial charge in [-0.3, -0.25) is 14.1 Å². The lowest BCUT2D eigenvalue weighted by molar-refractivity contribution is 0.390. The van der Waals surface area contributed by atoms with Crippen LogP contribution >= 0.6 is 0 Å². The lowest BCUT2D eigenvalue weighted by Crippen LogP contribution is -2.27. The van der Waals surface area contributed by atoms with Crippen molar-refractivity contribution in [2.45, 2.75) is 39.2 Å². The zero-order valence-electron chi connectivity index (χ0n) is 22.5. The molecule has 2 aromatic carbocycles. The van der Waals surface area contributed by atoms with Crippen molar-refractivity contribution in [3.63, 3.8) is 0 Å². The maximum Gasteiger partial charge on any atom is 0.333 e. The van der Waals surface area contributed by atoms with E-state index < -0.39 is 0 Å². The fourth-order valence-electron chi connectivity index (χ4n) is 4.83. The molecule has 0 aliphatic heterocycles. The van der Waals surface area contributed by atoms with E-state index in [0.29, 0.717) is 23.0 Å². The van der Waals surface area contributed by atoms with Crippen LogP contribution in [-0.2, 0) is 6.42 Å². The third-order valence-corrected chi connectivity index (χ3v) is 6.87. The van der Waals surface area contributed by atoms with Gasteiger partial charge in [-0.15, -0.1) is 10.2 Å². The van der Waals surface area contributed by atoms with Gasteiger partial charge in [0.15, 0.2) is 0 Å². The van der Waals surface area contributed by atoms with Crippen LogP contribution in [0.15, 0.2) is 71.8 Å². The molecule has 39 heavy (non-hydrogen) atoms. The Kier molecular flexibility index (Phi) is 7.53. The Bertz CT molecular complexity index is 1580. The summed E-state index contributed by atoms with van der Waals surface area (Å²) in [5, 5.41) is 14.4. The number of para-hydroxylation sites is 1. The second-order valence-electron chi connectivity index (χ2n) is 9.19. The molecule has 1 unspecified atom stereocenters. The molecule has 0 amide bonds. The summed E-state index contributed by atoms with van der Waals surface area (Å²) in [6.45, 7) is 4.16. The molecule has 1 atom stereocenters. The van der Waals surface area contributed by atoms with Gasteiger partial charge in [0.1, 0.15) is 17.2 Å². The molecular weight excluding hydrogens is 494 g/mol. The lowest BCUT2D eigenvalue weighted by Gasteiger charge is -2.17. The van der Waals surface area contributed by atoms with Crippen molar-refractivity contribution in [1.82, 2.24) is 34.7 Å². The molecule has 10 nitrogen and oxygen atoms in total. The minimum absolute atomic E-state index is 0.164. The maximum absolute atomic E-state index is 13.9. The molecule has 0 aliphatic carbocycles. The van der Waals surface area contributed by atoms with Crippen LogP contribution in [0.3, 0.4) is 0 Å². The van der Waals surface area contributed by atoms with E-state index in [4.69, 9.17) is 14.5 Å². The number of H-pyrrole nitrogens is 1. The molecule has 0 saturated carbocycles. The average molecular weight is 526 g/mol. The smallest absolute Gasteiger partial charge is 0.333 e. The van der Waals surface area contributed by atoms with E-state index in [-0.39, 0.29) is 11.7 Å². The van der Waals surface area contributed by atoms with Gasteiger partial charge < -0.3 is 9.47 Å². The summed E-state index contributed by atoms with van der Waals surface area (Å²) in [5.41, 5.74) is 4.79. The Morgan fingerprint density at radius 3 is 2.33 bits per heavy atom. The van der Waals surface area contributed by atoms with Crippen molar-refractivity contribution < 1.29 is 9.47 Å². The second-order valence-corrected chi connectivity index (χ2v) is 9.19. The van der Waals surface area contributed by atoms with Crippen molar-refractivity contribution in [2.75, 3.05) is 14.2 Å². The van der Waals surface area contributed by atoms with Gasteiger partial charge in [-0.2, -0.15) is 5.21 Å². The molecule has 3 aromatic heterocycles. The van der Waals surface area contributed by atoms with Gasteiger partial charge in [-0.1, -0.05) is 49.7 Å². The van der Waals surface area contributed by atoms with Gasteiger partial charge in [0.05, 0.1) is 26.0 Å². The van der Waals surface area contributed by atoms with Crippen LogP contribution < -0.4 is 15.2 Å². The number of ether oxygens (including phenoxy) is 2. The molecule has 5 rings (SSSR count). The number of imidazole rings is 1. The van der Waals surface area contributed by atoms with Gasteiger partial charge >= 0.3 is 5.69 Å². The summed E-state index contributed by atoms with van der Waals surface area (Å²) >= 11 is 0. The number of aromatic amines is 1. The number of rotatable bonds is 10. The van der Waals surface area contributed by atoms with Crippen LogP contribution in [0, 0.1) is 0 Å². The number of unbranched alkanes of at least 4 members (excludes halogenated alkanes) is 1. The standard InChI is InChI=1S/C29H31N7O3/c1-5-6-10-21-18-35(27-25(38-3)13-9-14-26(27)39-4)29(37)36(21)19(2)20-15-16-24(30-17-20)22-11-7-8-12-23(22)28-31-33-34-32-28/h7-9,11-19H,5-6,10H2,1-4H3,(H,31,32,33,34). The minimum atomic E-state index is -0.250. The summed E-state index contributed by atoms with van der Waals surface area (Å²) < 4.78 is 14.6. The van der Waals surface area contributed by atoms with Crippen LogP contribution in [-0.4, -0.2) is 49.0 Å². The number of methoxy groups -OCH3 is 2. The lowest BCUT2D eigenvalue weighted by atomic mass is 10.0. The molecule has 0 aliphatic rings. The topological polar surface area (TPSA) is 113 Å². The average Bonchev–Trinajstić information content (AvgIpc) is 3.63. The molecule has 0 spiro atoms. The number of tetrazole rings is 1. The molecule has 200 valence electrons. The van der Waals surface area contributed by atoms with Crippen LogP contribution in [0.25, 0.3) is 28.3 Å². The van der Waals surface area contributed by atoms with Crippen molar-refractivity contribution in [3.05, 3.63) is 88.7 Å². The molecule has 0 fully saturated rings. The summed E-state index contributed by atoms with van der Waals surface area (Å²) in [6.07, 6.45) is 6.47. The number of nitrogens with one attached hydrogen (secondary N) is 1. The van der Waals surface area contributed by atoms with E-state index >= 15 is 0 Å². The number of benzene rings is 2. The number of hydrogen-bond donors (Lipinski definition) is 1. The highest BCUT2D eigenvalue weighted by molar-refractivity contribution is 5.78. The van der Waals surface area contributed by atoms with Crippen molar-refractivity contribution in [1.29, 1.82) is 0 Å². The van der Waals surface area contributed by atoms with E-state index in [1.165, 1.54) is 0 Å². The molecule has 0 radical (unpaired) electrons. The first-order valence-electron chi connectivity index (χ1n) is 12.9. The van der Waals surface area contributed by atoms with E-state index in [2.05, 4.69) is 27.5 Å². The predicted octanol–water partition coefficient (Wildman–Crippen LogP) is 4.85. The third kappa shape index (κ3) is 4.93. The second kappa shape index (κ2) is 11.3. The Balaban J connectivity index is 1.55. The van der Waals surface area contributed by atoms with Crippen molar-refractivity contribution in [2.24, 2.45) is 0 Å². The van der Waals surface area contributed by atoms with Crippen LogP contribution in [0.5, 0.6) is 11.5 Å². The number of nitrogens with zero attached hydrogens (tertiary/aromatic N) is 6. The zero-order valence-corrected chi connectivity index (χ0v) is 22.5. The summed E-state index contributed by atoms with van der Waals surface area (Å²) in [4.78, 5) is 18.7. The van der Waals surface area contributed by atoms with E-state index in [1.807, 2.05) is 78.5 Å². The number of pyridine rings is 1. The van der Waals surface area contributed by atoms with Gasteiger partial charge in [0.2, 0.25) is 5.82 Å². The maximum atomic E-state index is 13.9. The van der Waals surface area contributed by atoms with Crippen LogP contribution in [0.4, 0.5) is 0 Å². The van der Waals surface area contributed by atoms with E-state index in [1.54, 1.807) is 18.8 Å². The Morgan fingerprint density at radius 1 is 0.974 bits per heavy atom.